The van der Waals surface area contributed by atoms with Crippen molar-refractivity contribution in [3.63, 3.8) is 0 Å². The van der Waals surface area contributed by atoms with Gasteiger partial charge in [0.1, 0.15) is 18.8 Å². The van der Waals surface area contributed by atoms with Crippen LogP contribution < -0.4 is 10.6 Å². The minimum Gasteiger partial charge on any atom is -0.457 e. The van der Waals surface area contributed by atoms with E-state index < -0.39 is 28.7 Å². The van der Waals surface area contributed by atoms with Crippen LogP contribution in [0.15, 0.2) is 67.0 Å². The quantitative estimate of drug-likeness (QED) is 0.109. The largest absolute Gasteiger partial charge is 0.457 e. The van der Waals surface area contributed by atoms with Gasteiger partial charge in [0.15, 0.2) is 0 Å². The Morgan fingerprint density at radius 3 is 2.47 bits per heavy atom. The van der Waals surface area contributed by atoms with Crippen LogP contribution in [-0.4, -0.2) is 46.8 Å². The van der Waals surface area contributed by atoms with Crippen LogP contribution in [0, 0.1) is 17.0 Å². The van der Waals surface area contributed by atoms with E-state index in [2.05, 4.69) is 20.5 Å². The molecule has 0 spiro atoms. The van der Waals surface area contributed by atoms with Crippen molar-refractivity contribution in [3.8, 4) is 0 Å². The molecule has 4 rings (SSSR count). The van der Waals surface area contributed by atoms with Gasteiger partial charge in [-0.05, 0) is 80.0 Å². The lowest BCUT2D eigenvalue weighted by Crippen LogP contribution is -2.37. The highest BCUT2D eigenvalue weighted by Gasteiger charge is 2.24. The number of amides is 2. The number of nitrogens with zero attached hydrogens (tertiary/aromatic N) is 2. The second-order valence-electron chi connectivity index (χ2n) is 11.2. The molecule has 1 atom stereocenters. The van der Waals surface area contributed by atoms with E-state index in [1.807, 2.05) is 12.1 Å². The number of nitrogens with one attached hydrogen (secondary N) is 2. The molecule has 2 amide bonds. The van der Waals surface area contributed by atoms with Crippen LogP contribution in [0.4, 0.5) is 9.80 Å². The standard InChI is InChI=1S/C32H34N4O8S/c1-20-5-6-21(12-14-43-36(40)41)15-25(20)30(38)42-19-22-7-9-23(10-8-22)26(17-34-31(39)44-32(2,3)4)29(37)35-28-16-24-11-13-33-18-27(24)45-28/h5-11,13,15-16,18,26H,12,14,17,19H2,1-4H3,(H,34,39)(H,35,37)/t26-/m1/s1. The molecule has 0 saturated heterocycles. The number of benzene rings is 2. The van der Waals surface area contributed by atoms with Gasteiger partial charge in [0.05, 0.1) is 21.2 Å². The average molecular weight is 635 g/mol. The second-order valence-corrected chi connectivity index (χ2v) is 12.3. The van der Waals surface area contributed by atoms with Gasteiger partial charge in [-0.3, -0.25) is 9.78 Å². The smallest absolute Gasteiger partial charge is 0.407 e. The summed E-state index contributed by atoms with van der Waals surface area (Å²) in [5.41, 5.74) is 2.40. The Kier molecular flexibility index (Phi) is 10.7. The minimum absolute atomic E-state index is 0.0101. The number of ether oxygens (including phenoxy) is 2. The Morgan fingerprint density at radius 1 is 1.04 bits per heavy atom. The fraction of sp³-hybridized carbons (Fsp3) is 0.312. The zero-order valence-corrected chi connectivity index (χ0v) is 26.1. The van der Waals surface area contributed by atoms with E-state index in [1.54, 1.807) is 82.6 Å². The summed E-state index contributed by atoms with van der Waals surface area (Å²) in [4.78, 5) is 57.6. The lowest BCUT2D eigenvalue weighted by atomic mass is 9.97. The molecule has 2 aromatic heterocycles. The summed E-state index contributed by atoms with van der Waals surface area (Å²) in [6.45, 7) is 6.89. The van der Waals surface area contributed by atoms with Crippen molar-refractivity contribution in [2.75, 3.05) is 18.5 Å². The van der Waals surface area contributed by atoms with Crippen LogP contribution in [0.25, 0.3) is 10.1 Å². The van der Waals surface area contributed by atoms with Gasteiger partial charge in [-0.15, -0.1) is 21.5 Å². The van der Waals surface area contributed by atoms with Crippen LogP contribution in [0.5, 0.6) is 0 Å². The first-order chi connectivity index (χ1) is 21.4. The van der Waals surface area contributed by atoms with Crippen LogP contribution in [0.2, 0.25) is 0 Å². The summed E-state index contributed by atoms with van der Waals surface area (Å²) in [6.07, 6.45) is 3.04. The predicted octanol–water partition coefficient (Wildman–Crippen LogP) is 5.96. The van der Waals surface area contributed by atoms with Gasteiger partial charge in [-0.1, -0.05) is 36.4 Å². The third-order valence-corrected chi connectivity index (χ3v) is 7.60. The van der Waals surface area contributed by atoms with Gasteiger partial charge in [0.25, 0.3) is 5.09 Å². The van der Waals surface area contributed by atoms with Gasteiger partial charge in [0, 0.05) is 18.9 Å². The highest BCUT2D eigenvalue weighted by molar-refractivity contribution is 7.22. The number of hydrogen-bond donors (Lipinski definition) is 2. The topological polar surface area (TPSA) is 159 Å². The molecular formula is C32H34N4O8S. The van der Waals surface area contributed by atoms with Crippen LogP contribution in [0.3, 0.4) is 0 Å². The molecule has 0 unspecified atom stereocenters. The normalized spacial score (nSPS) is 11.8. The number of esters is 1. The summed E-state index contributed by atoms with van der Waals surface area (Å²) in [7, 11) is 0. The lowest BCUT2D eigenvalue weighted by Gasteiger charge is -2.22. The molecule has 236 valence electrons. The van der Waals surface area contributed by atoms with E-state index in [0.717, 1.165) is 10.1 Å². The van der Waals surface area contributed by atoms with Gasteiger partial charge in [-0.25, -0.2) is 9.59 Å². The fourth-order valence-corrected chi connectivity index (χ4v) is 5.30. The van der Waals surface area contributed by atoms with Crippen molar-refractivity contribution < 1.29 is 33.8 Å². The Balaban J connectivity index is 1.43. The number of anilines is 1. The van der Waals surface area contributed by atoms with Crippen LogP contribution in [-0.2, 0) is 32.1 Å². The summed E-state index contributed by atoms with van der Waals surface area (Å²) in [5, 5.41) is 16.8. The number of rotatable bonds is 12. The molecule has 0 radical (unpaired) electrons. The van der Waals surface area contributed by atoms with Crippen molar-refractivity contribution in [3.05, 3.63) is 105 Å². The highest BCUT2D eigenvalue weighted by Crippen LogP contribution is 2.30. The Labute approximate surface area is 263 Å². The van der Waals surface area contributed by atoms with Crippen molar-refractivity contribution in [1.82, 2.24) is 10.3 Å². The maximum absolute atomic E-state index is 13.5. The van der Waals surface area contributed by atoms with E-state index in [0.29, 0.717) is 32.8 Å². The third-order valence-electron chi connectivity index (χ3n) is 6.60. The van der Waals surface area contributed by atoms with Gasteiger partial charge >= 0.3 is 12.1 Å². The Bertz CT molecular complexity index is 1650. The summed E-state index contributed by atoms with van der Waals surface area (Å²) >= 11 is 1.40. The molecule has 0 saturated carbocycles. The molecule has 0 bridgehead atoms. The molecule has 0 aliphatic rings. The van der Waals surface area contributed by atoms with E-state index in [-0.39, 0.29) is 32.1 Å². The van der Waals surface area contributed by atoms with Crippen molar-refractivity contribution >= 4 is 44.4 Å². The van der Waals surface area contributed by atoms with Crippen molar-refractivity contribution in [2.24, 2.45) is 0 Å². The maximum atomic E-state index is 13.5. The number of aromatic nitrogens is 1. The maximum Gasteiger partial charge on any atom is 0.407 e. The third kappa shape index (κ3) is 9.73. The summed E-state index contributed by atoms with van der Waals surface area (Å²) in [6, 6.07) is 15.9. The van der Waals surface area contributed by atoms with E-state index in [9.17, 15) is 24.5 Å². The number of carbonyl (C=O) groups excluding carboxylic acids is 3. The van der Waals surface area contributed by atoms with Crippen LogP contribution >= 0.6 is 11.3 Å². The fourth-order valence-electron chi connectivity index (χ4n) is 4.37. The predicted molar refractivity (Wildman–Crippen MR) is 169 cm³/mol. The van der Waals surface area contributed by atoms with Crippen molar-refractivity contribution in [1.29, 1.82) is 0 Å². The molecule has 2 aromatic carbocycles. The molecule has 0 aliphatic carbocycles. The molecule has 2 N–H and O–H groups in total. The lowest BCUT2D eigenvalue weighted by molar-refractivity contribution is -0.757. The van der Waals surface area contributed by atoms with Gasteiger partial charge < -0.3 is 24.9 Å². The summed E-state index contributed by atoms with van der Waals surface area (Å²) < 4.78 is 11.8. The van der Waals surface area contributed by atoms with Gasteiger partial charge in [0.2, 0.25) is 5.91 Å². The molecule has 0 fully saturated rings. The second kappa shape index (κ2) is 14.6. The molecular weight excluding hydrogens is 600 g/mol. The first-order valence-electron chi connectivity index (χ1n) is 14.1. The Morgan fingerprint density at radius 2 is 1.78 bits per heavy atom. The first kappa shape index (κ1) is 32.9. The molecule has 2 heterocycles. The number of fused-ring (bicyclic) bond motifs is 1. The van der Waals surface area contributed by atoms with E-state index in [4.69, 9.17) is 9.47 Å². The average Bonchev–Trinajstić information content (AvgIpc) is 3.38. The molecule has 4 aromatic rings. The molecule has 13 heteroatoms. The van der Waals surface area contributed by atoms with E-state index >= 15 is 0 Å². The zero-order valence-electron chi connectivity index (χ0n) is 25.3. The number of hydrogen-bond acceptors (Lipinski definition) is 10. The number of thiophene rings is 1. The molecule has 45 heavy (non-hydrogen) atoms. The number of alkyl carbamates (subject to hydrolysis) is 1. The first-order valence-corrected chi connectivity index (χ1v) is 14.9. The number of pyridine rings is 1. The molecule has 12 nitrogen and oxygen atoms in total. The SMILES string of the molecule is Cc1ccc(CCO[N+](=O)[O-])cc1C(=O)OCc1ccc([C@@H](CNC(=O)OC(C)(C)C)C(=O)Nc2cc3ccncc3s2)cc1. The van der Waals surface area contributed by atoms with E-state index in [1.165, 1.54) is 11.3 Å². The zero-order chi connectivity index (χ0) is 32.6. The number of aryl methyl sites for hydroxylation is 1. The highest BCUT2D eigenvalue weighted by atomic mass is 32.1. The summed E-state index contributed by atoms with van der Waals surface area (Å²) in [5.74, 6) is -1.60. The minimum atomic E-state index is -0.857. The number of carbonyl (C=O) groups is 3. The van der Waals surface area contributed by atoms with Gasteiger partial charge in [-0.2, -0.15) is 0 Å². The Hall–Kier alpha value is -5.04. The van der Waals surface area contributed by atoms with Crippen molar-refractivity contribution in [2.45, 2.75) is 52.2 Å². The van der Waals surface area contributed by atoms with Crippen LogP contribution in [0.1, 0.15) is 59.3 Å². The molecule has 0 aliphatic heterocycles. The monoisotopic (exact) mass is 634 g/mol.